The van der Waals surface area contributed by atoms with Crippen LogP contribution < -0.4 is 14.3 Å². The number of nitro benzene ring substituents is 1. The van der Waals surface area contributed by atoms with Crippen LogP contribution in [-0.4, -0.2) is 26.3 Å². The van der Waals surface area contributed by atoms with Crippen LogP contribution in [0.3, 0.4) is 0 Å². The third-order valence-corrected chi connectivity index (χ3v) is 4.79. The molecule has 0 saturated carbocycles. The summed E-state index contributed by atoms with van der Waals surface area (Å²) in [6.07, 6.45) is 1.22. The van der Waals surface area contributed by atoms with E-state index < -0.39 is 14.9 Å². The van der Waals surface area contributed by atoms with Gasteiger partial charge in [0.25, 0.3) is 15.7 Å². The molecule has 3 rings (SSSR count). The maximum atomic E-state index is 12.1. The van der Waals surface area contributed by atoms with Crippen molar-refractivity contribution in [1.82, 2.24) is 4.83 Å². The Bertz CT molecular complexity index is 959. The number of nitro groups is 1. The zero-order valence-electron chi connectivity index (χ0n) is 12.4. The van der Waals surface area contributed by atoms with Crippen LogP contribution in [0.25, 0.3) is 0 Å². The average molecular weight is 384 g/mol. The molecule has 1 N–H and O–H groups in total. The third-order valence-electron chi connectivity index (χ3n) is 3.23. The SMILES string of the molecule is O=[N+]([O-])c1ccc(S(=O)(=O)N/N=C\c2cc3c(cc2Cl)OCO3)cc1. The first kappa shape index (κ1) is 17.0. The van der Waals surface area contributed by atoms with Gasteiger partial charge in [0.05, 0.1) is 21.1 Å². The van der Waals surface area contributed by atoms with Gasteiger partial charge in [-0.1, -0.05) is 11.6 Å². The van der Waals surface area contributed by atoms with Crippen LogP contribution in [0.4, 0.5) is 5.69 Å². The van der Waals surface area contributed by atoms with Gasteiger partial charge in [0.2, 0.25) is 6.79 Å². The van der Waals surface area contributed by atoms with Crippen molar-refractivity contribution in [2.75, 3.05) is 6.79 Å². The van der Waals surface area contributed by atoms with E-state index in [0.29, 0.717) is 22.1 Å². The fourth-order valence-corrected chi connectivity index (χ4v) is 2.99. The molecular formula is C14H10ClN3O6S. The minimum atomic E-state index is -3.97. The minimum absolute atomic E-state index is 0.0824. The van der Waals surface area contributed by atoms with Crippen molar-refractivity contribution >= 4 is 33.5 Å². The molecule has 0 amide bonds. The Morgan fingerprint density at radius 3 is 2.48 bits per heavy atom. The van der Waals surface area contributed by atoms with E-state index in [4.69, 9.17) is 21.1 Å². The number of ether oxygens (including phenoxy) is 2. The van der Waals surface area contributed by atoms with E-state index in [-0.39, 0.29) is 17.4 Å². The number of hydrogen-bond acceptors (Lipinski definition) is 7. The molecule has 1 aliphatic heterocycles. The number of hydrogen-bond donors (Lipinski definition) is 1. The Labute approximate surface area is 147 Å². The van der Waals surface area contributed by atoms with Gasteiger partial charge in [-0.3, -0.25) is 10.1 Å². The van der Waals surface area contributed by atoms with Gasteiger partial charge in [-0.05, 0) is 18.2 Å². The Balaban J connectivity index is 1.76. The van der Waals surface area contributed by atoms with E-state index >= 15 is 0 Å². The topological polar surface area (TPSA) is 120 Å². The largest absolute Gasteiger partial charge is 0.454 e. The highest BCUT2D eigenvalue weighted by molar-refractivity contribution is 7.89. The maximum absolute atomic E-state index is 12.1. The number of sulfonamides is 1. The monoisotopic (exact) mass is 383 g/mol. The predicted octanol–water partition coefficient (Wildman–Crippen LogP) is 2.29. The van der Waals surface area contributed by atoms with Crippen LogP contribution in [0, 0.1) is 10.1 Å². The standard InChI is InChI=1S/C14H10ClN3O6S/c15-12-6-14-13(23-8-24-14)5-9(12)7-16-17-25(21,22)11-3-1-10(2-4-11)18(19)20/h1-7,17H,8H2/b16-7-. The van der Waals surface area contributed by atoms with Gasteiger partial charge in [0.1, 0.15) is 0 Å². The number of non-ortho nitro benzene ring substituents is 1. The van der Waals surface area contributed by atoms with Crippen molar-refractivity contribution < 1.29 is 22.8 Å². The normalized spacial score (nSPS) is 13.2. The van der Waals surface area contributed by atoms with Gasteiger partial charge in [-0.2, -0.15) is 13.5 Å². The van der Waals surface area contributed by atoms with E-state index in [1.807, 2.05) is 4.83 Å². The molecule has 2 aromatic carbocycles. The summed E-state index contributed by atoms with van der Waals surface area (Å²) in [5.74, 6) is 0.970. The van der Waals surface area contributed by atoms with Crippen LogP contribution in [-0.2, 0) is 10.0 Å². The Morgan fingerprint density at radius 2 is 1.84 bits per heavy atom. The number of benzene rings is 2. The summed E-state index contributed by atoms with van der Waals surface area (Å²) in [6.45, 7) is 0.0824. The molecule has 1 aliphatic rings. The highest BCUT2D eigenvalue weighted by atomic mass is 35.5. The zero-order chi connectivity index (χ0) is 18.0. The molecule has 0 fully saturated rings. The number of halogens is 1. The fraction of sp³-hybridized carbons (Fsp3) is 0.0714. The number of hydrazone groups is 1. The first-order chi connectivity index (χ1) is 11.9. The van der Waals surface area contributed by atoms with Gasteiger partial charge in [0.15, 0.2) is 11.5 Å². The summed E-state index contributed by atoms with van der Waals surface area (Å²) in [5.41, 5.74) is 0.215. The van der Waals surface area contributed by atoms with Crippen molar-refractivity contribution in [3.8, 4) is 11.5 Å². The number of fused-ring (bicyclic) bond motifs is 1. The fourth-order valence-electron chi connectivity index (χ4n) is 2.00. The summed E-state index contributed by atoms with van der Waals surface area (Å²) in [4.78, 5) is 11.8. The van der Waals surface area contributed by atoms with Crippen LogP contribution >= 0.6 is 11.6 Å². The third kappa shape index (κ3) is 3.64. The molecule has 25 heavy (non-hydrogen) atoms. The molecule has 11 heteroatoms. The molecule has 0 atom stereocenters. The number of nitrogens with one attached hydrogen (secondary N) is 1. The van der Waals surface area contributed by atoms with Crippen LogP contribution in [0.15, 0.2) is 46.4 Å². The van der Waals surface area contributed by atoms with Gasteiger partial charge < -0.3 is 9.47 Å². The van der Waals surface area contributed by atoms with Gasteiger partial charge in [0, 0.05) is 23.8 Å². The minimum Gasteiger partial charge on any atom is -0.454 e. The lowest BCUT2D eigenvalue weighted by atomic mass is 10.2. The molecule has 0 radical (unpaired) electrons. The highest BCUT2D eigenvalue weighted by Crippen LogP contribution is 2.36. The van der Waals surface area contributed by atoms with E-state index in [0.717, 1.165) is 24.3 Å². The van der Waals surface area contributed by atoms with Gasteiger partial charge >= 0.3 is 0 Å². The van der Waals surface area contributed by atoms with Crippen molar-refractivity contribution in [1.29, 1.82) is 0 Å². The van der Waals surface area contributed by atoms with Crippen LogP contribution in [0.5, 0.6) is 11.5 Å². The molecular weight excluding hydrogens is 374 g/mol. The summed E-state index contributed by atoms with van der Waals surface area (Å²) in [6, 6.07) is 7.51. The second-order valence-electron chi connectivity index (χ2n) is 4.83. The molecule has 130 valence electrons. The quantitative estimate of drug-likeness (QED) is 0.480. The lowest BCUT2D eigenvalue weighted by Gasteiger charge is -2.04. The highest BCUT2D eigenvalue weighted by Gasteiger charge is 2.17. The number of nitrogens with zero attached hydrogens (tertiary/aromatic N) is 2. The molecule has 1 heterocycles. The number of rotatable bonds is 5. The molecule has 0 bridgehead atoms. The smallest absolute Gasteiger partial charge is 0.276 e. The van der Waals surface area contributed by atoms with E-state index in [2.05, 4.69) is 5.10 Å². The first-order valence-electron chi connectivity index (χ1n) is 6.75. The predicted molar refractivity (Wildman–Crippen MR) is 88.6 cm³/mol. The van der Waals surface area contributed by atoms with Gasteiger partial charge in [-0.25, -0.2) is 4.83 Å². The molecule has 0 saturated heterocycles. The zero-order valence-corrected chi connectivity index (χ0v) is 14.0. The van der Waals surface area contributed by atoms with E-state index in [9.17, 15) is 18.5 Å². The molecule has 2 aromatic rings. The molecule has 0 aliphatic carbocycles. The average Bonchev–Trinajstić information content (AvgIpc) is 3.02. The lowest BCUT2D eigenvalue weighted by molar-refractivity contribution is -0.384. The Kier molecular flexibility index (Phi) is 4.47. The van der Waals surface area contributed by atoms with Gasteiger partial charge in [-0.15, -0.1) is 0 Å². The lowest BCUT2D eigenvalue weighted by Crippen LogP contribution is -2.18. The summed E-state index contributed by atoms with van der Waals surface area (Å²) in [7, 11) is -3.97. The Morgan fingerprint density at radius 1 is 1.20 bits per heavy atom. The van der Waals surface area contributed by atoms with Crippen LogP contribution in [0.2, 0.25) is 5.02 Å². The molecule has 9 nitrogen and oxygen atoms in total. The summed E-state index contributed by atoms with van der Waals surface area (Å²) in [5, 5.41) is 14.6. The van der Waals surface area contributed by atoms with Crippen molar-refractivity contribution in [2.45, 2.75) is 4.90 Å². The molecule has 0 spiro atoms. The van der Waals surface area contributed by atoms with Crippen molar-refractivity contribution in [3.63, 3.8) is 0 Å². The summed E-state index contributed by atoms with van der Waals surface area (Å²) >= 11 is 6.05. The maximum Gasteiger partial charge on any atom is 0.276 e. The molecule has 0 aromatic heterocycles. The summed E-state index contributed by atoms with van der Waals surface area (Å²) < 4.78 is 34.6. The molecule has 0 unspecified atom stereocenters. The van der Waals surface area contributed by atoms with Crippen LogP contribution in [0.1, 0.15) is 5.56 Å². The first-order valence-corrected chi connectivity index (χ1v) is 8.61. The van der Waals surface area contributed by atoms with E-state index in [1.54, 1.807) is 6.07 Å². The second kappa shape index (κ2) is 6.57. The Hall–Kier alpha value is -2.85. The second-order valence-corrected chi connectivity index (χ2v) is 6.90. The van der Waals surface area contributed by atoms with E-state index in [1.165, 1.54) is 12.3 Å². The van der Waals surface area contributed by atoms with Crippen molar-refractivity contribution in [2.24, 2.45) is 5.10 Å². The van der Waals surface area contributed by atoms with Crippen molar-refractivity contribution in [3.05, 3.63) is 57.1 Å².